The molecule has 0 aliphatic heterocycles. The summed E-state index contributed by atoms with van der Waals surface area (Å²) < 4.78 is 12.1. The van der Waals surface area contributed by atoms with E-state index in [2.05, 4.69) is 22.0 Å². The van der Waals surface area contributed by atoms with Crippen LogP contribution >= 0.6 is 0 Å². The third-order valence-corrected chi connectivity index (χ3v) is 2.68. The predicted octanol–water partition coefficient (Wildman–Crippen LogP) is 2.02. The molecule has 0 N–H and O–H groups in total. The second kappa shape index (κ2) is 7.37. The maximum atomic E-state index is 11.9. The summed E-state index contributed by atoms with van der Waals surface area (Å²) in [5.41, 5.74) is 0.226. The Bertz CT molecular complexity index is 584. The first-order valence-corrected chi connectivity index (χ1v) is 6.93. The summed E-state index contributed by atoms with van der Waals surface area (Å²) in [4.78, 5) is 20.3. The number of aromatic nitrogens is 4. The largest absolute Gasteiger partial charge is 0.477 e. The molecular formula is C14H18N4O3. The van der Waals surface area contributed by atoms with Crippen molar-refractivity contribution in [2.75, 3.05) is 13.2 Å². The molecule has 0 atom stereocenters. The van der Waals surface area contributed by atoms with E-state index in [9.17, 15) is 4.79 Å². The number of rotatable bonds is 7. The average Bonchev–Trinajstić information content (AvgIpc) is 3.02. The number of unbranched alkanes of at least 4 members (excludes halogenated alkanes) is 1. The van der Waals surface area contributed by atoms with Crippen molar-refractivity contribution in [2.45, 2.75) is 26.7 Å². The Kier molecular flexibility index (Phi) is 5.25. The highest BCUT2D eigenvalue weighted by molar-refractivity contribution is 5.91. The quantitative estimate of drug-likeness (QED) is 0.573. The fraction of sp³-hybridized carbons (Fsp3) is 0.429. The molecule has 0 radical (unpaired) electrons. The summed E-state index contributed by atoms with van der Waals surface area (Å²) in [5.74, 6) is 0.0814. The lowest BCUT2D eigenvalue weighted by Crippen LogP contribution is -2.13. The van der Waals surface area contributed by atoms with Crippen molar-refractivity contribution >= 4 is 5.97 Å². The fourth-order valence-corrected chi connectivity index (χ4v) is 1.63. The molecule has 0 unspecified atom stereocenters. The van der Waals surface area contributed by atoms with Gasteiger partial charge in [-0.15, -0.1) is 0 Å². The molecule has 0 amide bonds. The number of nitrogens with zero attached hydrogens (tertiary/aromatic N) is 4. The lowest BCUT2D eigenvalue weighted by molar-refractivity contribution is 0.0520. The zero-order chi connectivity index (χ0) is 15.1. The minimum absolute atomic E-state index is 0.224. The summed E-state index contributed by atoms with van der Waals surface area (Å²) in [7, 11) is 0. The van der Waals surface area contributed by atoms with Gasteiger partial charge >= 0.3 is 5.97 Å². The van der Waals surface area contributed by atoms with E-state index in [0.29, 0.717) is 12.6 Å². The first kappa shape index (κ1) is 15.0. The third kappa shape index (κ3) is 3.77. The highest BCUT2D eigenvalue weighted by atomic mass is 16.5. The van der Waals surface area contributed by atoms with Crippen LogP contribution in [-0.2, 0) is 4.74 Å². The fourth-order valence-electron chi connectivity index (χ4n) is 1.63. The lowest BCUT2D eigenvalue weighted by atomic mass is 10.3. The van der Waals surface area contributed by atoms with Gasteiger partial charge in [-0.25, -0.2) is 14.5 Å². The number of hydrogen-bond donors (Lipinski definition) is 0. The van der Waals surface area contributed by atoms with Crippen molar-refractivity contribution in [1.29, 1.82) is 0 Å². The molecule has 2 aromatic heterocycles. The Morgan fingerprint density at radius 2 is 2.24 bits per heavy atom. The van der Waals surface area contributed by atoms with Gasteiger partial charge in [-0.1, -0.05) is 13.3 Å². The zero-order valence-electron chi connectivity index (χ0n) is 12.2. The van der Waals surface area contributed by atoms with Gasteiger partial charge in [0, 0.05) is 12.4 Å². The van der Waals surface area contributed by atoms with E-state index in [1.54, 1.807) is 25.4 Å². The molecule has 0 bridgehead atoms. The van der Waals surface area contributed by atoms with Crippen molar-refractivity contribution in [3.8, 4) is 11.8 Å². The number of esters is 1. The van der Waals surface area contributed by atoms with Crippen molar-refractivity contribution in [2.24, 2.45) is 0 Å². The van der Waals surface area contributed by atoms with Gasteiger partial charge in [0.2, 0.25) is 5.88 Å². The van der Waals surface area contributed by atoms with Crippen LogP contribution in [-0.4, -0.2) is 38.9 Å². The molecule has 0 saturated carbocycles. The molecule has 0 spiro atoms. The molecule has 2 rings (SSSR count). The van der Waals surface area contributed by atoms with Crippen LogP contribution in [0.1, 0.15) is 37.0 Å². The van der Waals surface area contributed by atoms with Crippen molar-refractivity contribution < 1.29 is 14.3 Å². The van der Waals surface area contributed by atoms with Crippen molar-refractivity contribution in [1.82, 2.24) is 19.7 Å². The van der Waals surface area contributed by atoms with Crippen LogP contribution in [0.25, 0.3) is 5.95 Å². The Labute approximate surface area is 122 Å². The molecule has 112 valence electrons. The Balaban J connectivity index is 2.29. The summed E-state index contributed by atoms with van der Waals surface area (Å²) in [6.07, 6.45) is 6.62. The SMILES string of the molecule is CCCCOc1nc(-n2cccn2)ncc1C(=O)OCC. The van der Waals surface area contributed by atoms with Crippen LogP contribution in [0.2, 0.25) is 0 Å². The minimum atomic E-state index is -0.490. The molecule has 21 heavy (non-hydrogen) atoms. The first-order chi connectivity index (χ1) is 10.3. The second-order valence-electron chi connectivity index (χ2n) is 4.26. The standard InChI is InChI=1S/C14H18N4O3/c1-3-5-9-21-12-11(13(19)20-4-2)10-15-14(17-12)18-8-6-7-16-18/h6-8,10H,3-5,9H2,1-2H3. The Morgan fingerprint density at radius 3 is 2.90 bits per heavy atom. The Hall–Kier alpha value is -2.44. The molecule has 0 aromatic carbocycles. The summed E-state index contributed by atoms with van der Waals surface area (Å²) >= 11 is 0. The molecule has 2 aromatic rings. The topological polar surface area (TPSA) is 79.1 Å². The molecule has 2 heterocycles. The maximum absolute atomic E-state index is 11.9. The highest BCUT2D eigenvalue weighted by Gasteiger charge is 2.18. The van der Waals surface area contributed by atoms with E-state index in [0.717, 1.165) is 12.8 Å². The van der Waals surface area contributed by atoms with Gasteiger partial charge in [0.15, 0.2) is 0 Å². The van der Waals surface area contributed by atoms with Crippen LogP contribution < -0.4 is 4.74 Å². The van der Waals surface area contributed by atoms with Gasteiger partial charge in [-0.05, 0) is 19.4 Å². The van der Waals surface area contributed by atoms with E-state index >= 15 is 0 Å². The van der Waals surface area contributed by atoms with E-state index in [-0.39, 0.29) is 18.1 Å². The summed E-state index contributed by atoms with van der Waals surface area (Å²) in [6, 6.07) is 1.76. The van der Waals surface area contributed by atoms with Crippen LogP contribution in [0.15, 0.2) is 24.7 Å². The molecular weight excluding hydrogens is 272 g/mol. The second-order valence-corrected chi connectivity index (χ2v) is 4.26. The number of carbonyl (C=O) groups excluding carboxylic acids is 1. The summed E-state index contributed by atoms with van der Waals surface area (Å²) in [5, 5.41) is 4.05. The number of ether oxygens (including phenoxy) is 2. The Morgan fingerprint density at radius 1 is 1.38 bits per heavy atom. The van der Waals surface area contributed by atoms with Crippen LogP contribution in [0.5, 0.6) is 5.88 Å². The average molecular weight is 290 g/mol. The molecule has 7 heteroatoms. The lowest BCUT2D eigenvalue weighted by Gasteiger charge is -2.10. The van der Waals surface area contributed by atoms with E-state index in [1.807, 2.05) is 0 Å². The van der Waals surface area contributed by atoms with E-state index < -0.39 is 5.97 Å². The predicted molar refractivity (Wildman–Crippen MR) is 75.5 cm³/mol. The van der Waals surface area contributed by atoms with Gasteiger partial charge in [0.05, 0.1) is 19.4 Å². The van der Waals surface area contributed by atoms with Crippen LogP contribution in [0, 0.1) is 0 Å². The zero-order valence-corrected chi connectivity index (χ0v) is 12.2. The van der Waals surface area contributed by atoms with Crippen molar-refractivity contribution in [3.05, 3.63) is 30.2 Å². The van der Waals surface area contributed by atoms with Gasteiger partial charge in [0.25, 0.3) is 5.95 Å². The maximum Gasteiger partial charge on any atom is 0.345 e. The third-order valence-electron chi connectivity index (χ3n) is 2.68. The van der Waals surface area contributed by atoms with E-state index in [1.165, 1.54) is 10.9 Å². The normalized spacial score (nSPS) is 10.4. The van der Waals surface area contributed by atoms with Crippen LogP contribution in [0.3, 0.4) is 0 Å². The molecule has 0 fully saturated rings. The molecule has 0 aliphatic rings. The van der Waals surface area contributed by atoms with Crippen LogP contribution in [0.4, 0.5) is 0 Å². The molecule has 7 nitrogen and oxygen atoms in total. The van der Waals surface area contributed by atoms with E-state index in [4.69, 9.17) is 9.47 Å². The number of carbonyl (C=O) groups is 1. The monoisotopic (exact) mass is 290 g/mol. The highest BCUT2D eigenvalue weighted by Crippen LogP contribution is 2.17. The van der Waals surface area contributed by atoms with Gasteiger partial charge < -0.3 is 9.47 Å². The summed E-state index contributed by atoms with van der Waals surface area (Å²) in [6.45, 7) is 4.58. The van der Waals surface area contributed by atoms with Gasteiger partial charge in [-0.2, -0.15) is 10.1 Å². The molecule has 0 aliphatic carbocycles. The van der Waals surface area contributed by atoms with Gasteiger partial charge in [0.1, 0.15) is 5.56 Å². The number of hydrogen-bond acceptors (Lipinski definition) is 6. The smallest absolute Gasteiger partial charge is 0.345 e. The first-order valence-electron chi connectivity index (χ1n) is 6.93. The van der Waals surface area contributed by atoms with Crippen molar-refractivity contribution in [3.63, 3.8) is 0 Å². The molecule has 0 saturated heterocycles. The van der Waals surface area contributed by atoms with Gasteiger partial charge in [-0.3, -0.25) is 0 Å². The minimum Gasteiger partial charge on any atom is -0.477 e.